The molecule has 1 aromatic heterocycles. The van der Waals surface area contributed by atoms with Crippen LogP contribution in [0.4, 0.5) is 0 Å². The van der Waals surface area contributed by atoms with Gasteiger partial charge < -0.3 is 4.74 Å². The maximum absolute atomic E-state index is 12.6. The number of ketones is 1. The van der Waals surface area contributed by atoms with Gasteiger partial charge in [0.05, 0.1) is 18.2 Å². The molecule has 4 nitrogen and oxygen atoms in total. The molecule has 0 unspecified atom stereocenters. The van der Waals surface area contributed by atoms with Gasteiger partial charge in [0.2, 0.25) is 0 Å². The molecule has 1 aromatic rings. The molecule has 0 saturated carbocycles. The van der Waals surface area contributed by atoms with Crippen LogP contribution >= 0.6 is 0 Å². The number of hydrogen-bond acceptors (Lipinski definition) is 3. The van der Waals surface area contributed by atoms with Gasteiger partial charge in [-0.05, 0) is 38.7 Å². The van der Waals surface area contributed by atoms with E-state index in [-0.39, 0.29) is 5.78 Å². The van der Waals surface area contributed by atoms with E-state index in [9.17, 15) is 4.79 Å². The Morgan fingerprint density at radius 1 is 1.24 bits per heavy atom. The van der Waals surface area contributed by atoms with Gasteiger partial charge in [0, 0.05) is 12.8 Å². The lowest BCUT2D eigenvalue weighted by atomic mass is 9.89. The van der Waals surface area contributed by atoms with Crippen molar-refractivity contribution in [1.29, 1.82) is 0 Å². The Kier molecular flexibility index (Phi) is 7.09. The first-order valence-electron chi connectivity index (χ1n) is 8.28. The van der Waals surface area contributed by atoms with Gasteiger partial charge in [0.15, 0.2) is 5.78 Å². The van der Waals surface area contributed by atoms with E-state index in [1.807, 2.05) is 37.7 Å². The molecule has 0 aliphatic rings. The third-order valence-corrected chi connectivity index (χ3v) is 4.39. The molecule has 0 saturated heterocycles. The summed E-state index contributed by atoms with van der Waals surface area (Å²) in [4.78, 5) is 12.6. The molecule has 0 atom stereocenters. The van der Waals surface area contributed by atoms with Crippen molar-refractivity contribution >= 4 is 5.78 Å². The highest BCUT2D eigenvalue weighted by Gasteiger charge is 2.35. The first-order chi connectivity index (χ1) is 10.1. The van der Waals surface area contributed by atoms with Gasteiger partial charge in [-0.2, -0.15) is 5.10 Å². The van der Waals surface area contributed by atoms with Crippen LogP contribution in [0.25, 0.3) is 0 Å². The second-order valence-corrected chi connectivity index (χ2v) is 5.49. The van der Waals surface area contributed by atoms with Gasteiger partial charge in [-0.15, -0.1) is 0 Å². The molecular formula is C17H30N2O2. The highest BCUT2D eigenvalue weighted by atomic mass is 16.5. The Bertz CT molecular complexity index is 432. The first kappa shape index (κ1) is 17.9. The second-order valence-electron chi connectivity index (χ2n) is 5.49. The fourth-order valence-corrected chi connectivity index (χ4v) is 2.87. The molecule has 0 aromatic carbocycles. The minimum absolute atomic E-state index is 0.143. The number of carbonyl (C=O) groups excluding carboxylic acids is 1. The SMILES string of the molecule is CCOC(CC)(CC)C(=O)Cc1ccn(C(CC)CC)n1. The number of carbonyl (C=O) groups is 1. The Hall–Kier alpha value is -1.16. The van der Waals surface area contributed by atoms with Crippen molar-refractivity contribution in [2.75, 3.05) is 6.61 Å². The number of hydrogen-bond donors (Lipinski definition) is 0. The van der Waals surface area contributed by atoms with Crippen molar-refractivity contribution in [2.45, 2.75) is 78.4 Å². The van der Waals surface area contributed by atoms with Crippen LogP contribution in [0, 0.1) is 0 Å². The van der Waals surface area contributed by atoms with Crippen LogP contribution in [0.2, 0.25) is 0 Å². The molecular weight excluding hydrogens is 264 g/mol. The van der Waals surface area contributed by atoms with Crippen molar-refractivity contribution in [3.63, 3.8) is 0 Å². The average molecular weight is 294 g/mol. The minimum Gasteiger partial charge on any atom is -0.368 e. The van der Waals surface area contributed by atoms with Gasteiger partial charge in [-0.1, -0.05) is 27.7 Å². The van der Waals surface area contributed by atoms with E-state index in [4.69, 9.17) is 4.74 Å². The van der Waals surface area contributed by atoms with Gasteiger partial charge in [0.25, 0.3) is 0 Å². The van der Waals surface area contributed by atoms with Crippen molar-refractivity contribution < 1.29 is 9.53 Å². The van der Waals surface area contributed by atoms with Gasteiger partial charge in [-0.3, -0.25) is 9.48 Å². The number of aromatic nitrogens is 2. The molecule has 4 heteroatoms. The van der Waals surface area contributed by atoms with Crippen LogP contribution in [0.3, 0.4) is 0 Å². The van der Waals surface area contributed by atoms with Gasteiger partial charge >= 0.3 is 0 Å². The van der Waals surface area contributed by atoms with Crippen molar-refractivity contribution in [3.8, 4) is 0 Å². The largest absolute Gasteiger partial charge is 0.368 e. The fraction of sp³-hybridized carbons (Fsp3) is 0.765. The lowest BCUT2D eigenvalue weighted by Crippen LogP contribution is -2.41. The molecule has 120 valence electrons. The molecule has 0 spiro atoms. The number of nitrogens with zero attached hydrogens (tertiary/aromatic N) is 2. The molecule has 0 fully saturated rings. The van der Waals surface area contributed by atoms with Crippen LogP contribution in [-0.4, -0.2) is 27.8 Å². The summed E-state index contributed by atoms with van der Waals surface area (Å²) in [5, 5.41) is 4.57. The third kappa shape index (κ3) is 4.16. The lowest BCUT2D eigenvalue weighted by Gasteiger charge is -2.29. The molecule has 21 heavy (non-hydrogen) atoms. The van der Waals surface area contributed by atoms with E-state index in [1.54, 1.807) is 0 Å². The zero-order valence-electron chi connectivity index (χ0n) is 14.2. The van der Waals surface area contributed by atoms with Crippen LogP contribution in [-0.2, 0) is 16.0 Å². The highest BCUT2D eigenvalue weighted by molar-refractivity contribution is 5.88. The molecule has 0 bridgehead atoms. The second kappa shape index (κ2) is 8.32. The summed E-state index contributed by atoms with van der Waals surface area (Å²) in [6.07, 6.45) is 5.87. The normalized spacial score (nSPS) is 12.1. The Morgan fingerprint density at radius 2 is 1.86 bits per heavy atom. The van der Waals surface area contributed by atoms with Gasteiger partial charge in [0.1, 0.15) is 5.60 Å². The molecule has 1 rings (SSSR count). The number of Topliss-reactive ketones (excluding diaryl/α,β-unsaturated/α-hetero) is 1. The predicted molar refractivity (Wildman–Crippen MR) is 85.5 cm³/mol. The summed E-state index contributed by atoms with van der Waals surface area (Å²) in [5.74, 6) is 0.143. The molecule has 0 N–H and O–H groups in total. The Morgan fingerprint density at radius 3 is 2.33 bits per heavy atom. The van der Waals surface area contributed by atoms with E-state index >= 15 is 0 Å². The maximum Gasteiger partial charge on any atom is 0.170 e. The van der Waals surface area contributed by atoms with E-state index in [2.05, 4.69) is 18.9 Å². The fourth-order valence-electron chi connectivity index (χ4n) is 2.87. The average Bonchev–Trinajstić information content (AvgIpc) is 2.94. The Balaban J connectivity index is 2.82. The minimum atomic E-state index is -0.645. The highest BCUT2D eigenvalue weighted by Crippen LogP contribution is 2.24. The molecule has 1 heterocycles. The number of rotatable bonds is 10. The van der Waals surface area contributed by atoms with Crippen molar-refractivity contribution in [2.24, 2.45) is 0 Å². The van der Waals surface area contributed by atoms with Crippen LogP contribution in [0.1, 0.15) is 72.0 Å². The lowest BCUT2D eigenvalue weighted by molar-refractivity contribution is -0.144. The molecule has 0 radical (unpaired) electrons. The zero-order valence-corrected chi connectivity index (χ0v) is 14.2. The Labute approximate surface area is 128 Å². The summed E-state index contributed by atoms with van der Waals surface area (Å²) in [6, 6.07) is 2.38. The third-order valence-electron chi connectivity index (χ3n) is 4.39. The maximum atomic E-state index is 12.6. The summed E-state index contributed by atoms with van der Waals surface area (Å²) in [5.41, 5.74) is 0.200. The van der Waals surface area contributed by atoms with E-state index < -0.39 is 5.60 Å². The predicted octanol–water partition coefficient (Wildman–Crippen LogP) is 3.95. The van der Waals surface area contributed by atoms with Crippen LogP contribution < -0.4 is 0 Å². The van der Waals surface area contributed by atoms with E-state index in [1.165, 1.54) is 0 Å². The summed E-state index contributed by atoms with van der Waals surface area (Å²) in [6.45, 7) is 10.9. The smallest absolute Gasteiger partial charge is 0.170 e. The molecule has 0 amide bonds. The monoisotopic (exact) mass is 294 g/mol. The van der Waals surface area contributed by atoms with E-state index in [0.29, 0.717) is 31.9 Å². The van der Waals surface area contributed by atoms with E-state index in [0.717, 1.165) is 18.5 Å². The van der Waals surface area contributed by atoms with Crippen molar-refractivity contribution in [3.05, 3.63) is 18.0 Å². The molecule has 0 aliphatic heterocycles. The summed E-state index contributed by atoms with van der Waals surface area (Å²) < 4.78 is 7.76. The van der Waals surface area contributed by atoms with Crippen LogP contribution in [0.15, 0.2) is 12.3 Å². The van der Waals surface area contributed by atoms with Crippen LogP contribution in [0.5, 0.6) is 0 Å². The summed E-state index contributed by atoms with van der Waals surface area (Å²) >= 11 is 0. The van der Waals surface area contributed by atoms with Gasteiger partial charge in [-0.25, -0.2) is 0 Å². The topological polar surface area (TPSA) is 44.1 Å². The van der Waals surface area contributed by atoms with Crippen molar-refractivity contribution in [1.82, 2.24) is 9.78 Å². The number of ether oxygens (including phenoxy) is 1. The quantitative estimate of drug-likeness (QED) is 0.656. The zero-order chi connectivity index (χ0) is 15.9. The molecule has 0 aliphatic carbocycles. The first-order valence-corrected chi connectivity index (χ1v) is 8.28. The summed E-state index contributed by atoms with van der Waals surface area (Å²) in [7, 11) is 0. The standard InChI is InChI=1S/C17H30N2O2/c1-6-15(7-2)19-12-11-14(18-19)13-16(20)17(8-3,9-4)21-10-5/h11-12,15H,6-10,13H2,1-5H3.